The van der Waals surface area contributed by atoms with Crippen LogP contribution in [-0.4, -0.2) is 19.4 Å². The Labute approximate surface area is 291 Å². The third-order valence-corrected chi connectivity index (χ3v) is 11.9. The van der Waals surface area contributed by atoms with Gasteiger partial charge in [-0.3, -0.25) is 4.57 Å². The number of hydrogen-bond acceptors (Lipinski definition) is 3. The molecule has 0 saturated heterocycles. The van der Waals surface area contributed by atoms with Crippen molar-refractivity contribution >= 4 is 7.60 Å². The molecule has 0 fully saturated rings. The van der Waals surface area contributed by atoms with E-state index in [0.717, 1.165) is 25.7 Å². The second kappa shape index (κ2) is 39.6. The van der Waals surface area contributed by atoms with Crippen LogP contribution in [-0.2, 0) is 13.6 Å². The van der Waals surface area contributed by atoms with Gasteiger partial charge in [-0.25, -0.2) is 0 Å². The van der Waals surface area contributed by atoms with Gasteiger partial charge in [-0.05, 0) is 19.3 Å². The maximum absolute atomic E-state index is 13.7. The van der Waals surface area contributed by atoms with Crippen LogP contribution in [0.5, 0.6) is 0 Å². The largest absolute Gasteiger partial charge is 0.330 e. The van der Waals surface area contributed by atoms with Crippen LogP contribution >= 0.6 is 7.60 Å². The van der Waals surface area contributed by atoms with Crippen LogP contribution in [0.4, 0.5) is 0 Å². The molecule has 4 heteroatoms. The number of rotatable bonds is 41. The summed E-state index contributed by atoms with van der Waals surface area (Å²) in [6, 6.07) is 0. The zero-order chi connectivity index (χ0) is 33.5. The summed E-state index contributed by atoms with van der Waals surface area (Å²) in [5.74, 6) is 0. The molecule has 0 bridgehead atoms. The zero-order valence-corrected chi connectivity index (χ0v) is 33.1. The summed E-state index contributed by atoms with van der Waals surface area (Å²) < 4.78 is 25.8. The molecular weight excluding hydrogens is 583 g/mol. The van der Waals surface area contributed by atoms with Crippen LogP contribution in [0.3, 0.4) is 0 Å². The van der Waals surface area contributed by atoms with E-state index in [9.17, 15) is 4.57 Å². The van der Waals surface area contributed by atoms with Crippen molar-refractivity contribution in [1.29, 1.82) is 0 Å². The monoisotopic (exact) mass is 671 g/mol. The molecule has 0 aromatic heterocycles. The first-order valence-corrected chi connectivity index (χ1v) is 23.3. The molecule has 0 saturated carbocycles. The first-order chi connectivity index (χ1) is 22.7. The van der Waals surface area contributed by atoms with Crippen molar-refractivity contribution in [3.63, 3.8) is 0 Å². The SMILES string of the molecule is CCCCCCCCCCCCCCOP(=O)(CCCCCCCCCCCCCC)OCCCCCCCCCCCCCC. The minimum atomic E-state index is -2.96. The lowest BCUT2D eigenvalue weighted by atomic mass is 10.1. The molecule has 0 aliphatic rings. The second-order valence-corrected chi connectivity index (χ2v) is 16.9. The fourth-order valence-corrected chi connectivity index (χ4v) is 8.36. The Morgan fingerprint density at radius 3 is 0.717 bits per heavy atom. The molecule has 0 unspecified atom stereocenters. The van der Waals surface area contributed by atoms with Crippen molar-refractivity contribution in [2.24, 2.45) is 0 Å². The molecule has 0 atom stereocenters. The minimum absolute atomic E-state index is 0.603. The normalized spacial score (nSPS) is 12.0. The highest BCUT2D eigenvalue weighted by Crippen LogP contribution is 2.49. The molecule has 0 N–H and O–H groups in total. The number of unbranched alkanes of at least 4 members (excludes halogenated alkanes) is 33. The molecule has 0 aliphatic carbocycles. The summed E-state index contributed by atoms with van der Waals surface area (Å²) in [5.41, 5.74) is 0. The van der Waals surface area contributed by atoms with Crippen molar-refractivity contribution in [3.8, 4) is 0 Å². The van der Waals surface area contributed by atoms with E-state index in [2.05, 4.69) is 20.8 Å². The van der Waals surface area contributed by atoms with Gasteiger partial charge in [0.15, 0.2) is 0 Å². The van der Waals surface area contributed by atoms with Crippen LogP contribution in [0.15, 0.2) is 0 Å². The summed E-state index contributed by atoms with van der Waals surface area (Å²) >= 11 is 0. The van der Waals surface area contributed by atoms with Gasteiger partial charge in [0.2, 0.25) is 0 Å². The van der Waals surface area contributed by atoms with Gasteiger partial charge in [0.25, 0.3) is 0 Å². The molecule has 3 nitrogen and oxygen atoms in total. The van der Waals surface area contributed by atoms with E-state index in [0.29, 0.717) is 19.4 Å². The van der Waals surface area contributed by atoms with E-state index in [1.807, 2.05) is 0 Å². The highest BCUT2D eigenvalue weighted by Gasteiger charge is 2.23. The zero-order valence-electron chi connectivity index (χ0n) is 32.2. The molecule has 46 heavy (non-hydrogen) atoms. The maximum atomic E-state index is 13.7. The third-order valence-electron chi connectivity index (χ3n) is 9.86. The summed E-state index contributed by atoms with van der Waals surface area (Å²) in [7, 11) is -2.96. The lowest BCUT2D eigenvalue weighted by Gasteiger charge is -2.19. The lowest BCUT2D eigenvalue weighted by molar-refractivity contribution is 0.197. The fraction of sp³-hybridized carbons (Fsp3) is 1.00. The minimum Gasteiger partial charge on any atom is -0.309 e. The average Bonchev–Trinajstić information content (AvgIpc) is 3.06. The Morgan fingerprint density at radius 1 is 0.283 bits per heavy atom. The van der Waals surface area contributed by atoms with Crippen LogP contribution in [0, 0.1) is 0 Å². The van der Waals surface area contributed by atoms with Crippen molar-refractivity contribution in [2.45, 2.75) is 252 Å². The average molecular weight is 671 g/mol. The third kappa shape index (κ3) is 37.0. The molecule has 0 aromatic rings. The molecule has 0 amide bonds. The summed E-state index contributed by atoms with van der Waals surface area (Å²) in [4.78, 5) is 0. The second-order valence-electron chi connectivity index (χ2n) is 14.7. The molecular formula is C42H87O3P. The fourth-order valence-electron chi connectivity index (χ4n) is 6.61. The topological polar surface area (TPSA) is 35.5 Å². The standard InChI is InChI=1S/C42H87O3P/c1-4-7-10-13-16-19-22-25-28-31-34-37-40-44-46(43,42-39-36-33-30-27-24-21-18-15-12-9-6-3)45-41-38-35-32-29-26-23-20-17-14-11-8-5-2/h4-42H2,1-3H3. The van der Waals surface area contributed by atoms with E-state index in [4.69, 9.17) is 9.05 Å². The first kappa shape index (κ1) is 46.1. The van der Waals surface area contributed by atoms with E-state index in [1.165, 1.54) is 205 Å². The molecule has 0 rings (SSSR count). The maximum Gasteiger partial charge on any atom is 0.330 e. The molecule has 0 radical (unpaired) electrons. The van der Waals surface area contributed by atoms with Crippen molar-refractivity contribution in [1.82, 2.24) is 0 Å². The van der Waals surface area contributed by atoms with Crippen molar-refractivity contribution < 1.29 is 13.6 Å². The molecule has 0 spiro atoms. The van der Waals surface area contributed by atoms with E-state index >= 15 is 0 Å². The van der Waals surface area contributed by atoms with Gasteiger partial charge in [-0.1, -0.05) is 233 Å². The van der Waals surface area contributed by atoms with Gasteiger partial charge in [-0.2, -0.15) is 0 Å². The lowest BCUT2D eigenvalue weighted by Crippen LogP contribution is -2.04. The Hall–Kier alpha value is 0.150. The van der Waals surface area contributed by atoms with E-state index in [-0.39, 0.29) is 0 Å². The quantitative estimate of drug-likeness (QED) is 0.0480. The van der Waals surface area contributed by atoms with Gasteiger partial charge in [0.05, 0.1) is 19.4 Å². The molecule has 0 heterocycles. The summed E-state index contributed by atoms with van der Waals surface area (Å²) in [6.45, 7) is 8.07. The summed E-state index contributed by atoms with van der Waals surface area (Å²) in [6.07, 6.45) is 48.4. The van der Waals surface area contributed by atoms with Gasteiger partial charge in [0.1, 0.15) is 0 Å². The van der Waals surface area contributed by atoms with Gasteiger partial charge in [0, 0.05) is 0 Å². The highest BCUT2D eigenvalue weighted by molar-refractivity contribution is 7.53. The summed E-state index contributed by atoms with van der Waals surface area (Å²) in [5, 5.41) is 0. The van der Waals surface area contributed by atoms with E-state index < -0.39 is 7.60 Å². The number of hydrogen-bond donors (Lipinski definition) is 0. The smallest absolute Gasteiger partial charge is 0.309 e. The predicted molar refractivity (Wildman–Crippen MR) is 208 cm³/mol. The predicted octanol–water partition coefficient (Wildman–Crippen LogP) is 16.3. The molecule has 278 valence electrons. The van der Waals surface area contributed by atoms with Crippen LogP contribution in [0.1, 0.15) is 252 Å². The molecule has 0 aromatic carbocycles. The van der Waals surface area contributed by atoms with Gasteiger partial charge in [-0.15, -0.1) is 0 Å². The molecule has 0 aliphatic heterocycles. The highest BCUT2D eigenvalue weighted by atomic mass is 31.2. The van der Waals surface area contributed by atoms with Crippen molar-refractivity contribution in [2.75, 3.05) is 19.4 Å². The van der Waals surface area contributed by atoms with Crippen LogP contribution in [0.25, 0.3) is 0 Å². The van der Waals surface area contributed by atoms with Gasteiger partial charge < -0.3 is 9.05 Å². The Kier molecular flexibility index (Phi) is 39.7. The van der Waals surface area contributed by atoms with Crippen LogP contribution < -0.4 is 0 Å². The Balaban J connectivity index is 4.07. The Bertz CT molecular complexity index is 561. The van der Waals surface area contributed by atoms with Gasteiger partial charge >= 0.3 is 7.60 Å². The van der Waals surface area contributed by atoms with Crippen LogP contribution in [0.2, 0.25) is 0 Å². The van der Waals surface area contributed by atoms with E-state index in [1.54, 1.807) is 0 Å². The first-order valence-electron chi connectivity index (χ1n) is 21.6. The Morgan fingerprint density at radius 2 is 0.478 bits per heavy atom. The van der Waals surface area contributed by atoms with Crippen molar-refractivity contribution in [3.05, 3.63) is 0 Å².